The molecule has 6 heavy (non-hydrogen) atoms. The molecule has 0 unspecified atom stereocenters. The summed E-state index contributed by atoms with van der Waals surface area (Å²) in [5.74, 6) is 0.0949. The lowest BCUT2D eigenvalue weighted by Crippen LogP contribution is -2.04. The van der Waals surface area contributed by atoms with Gasteiger partial charge in [-0.05, 0) is 0 Å². The Labute approximate surface area is 38.9 Å². The van der Waals surface area contributed by atoms with E-state index in [0.29, 0.717) is 6.61 Å². The van der Waals surface area contributed by atoms with Crippen molar-refractivity contribution in [2.24, 2.45) is 5.92 Å². The van der Waals surface area contributed by atoms with E-state index in [0.717, 1.165) is 0 Å². The van der Waals surface area contributed by atoms with Crippen molar-refractivity contribution in [2.45, 2.75) is 6.92 Å². The maximum Gasteiger partial charge on any atom is 0.210 e. The van der Waals surface area contributed by atoms with Crippen LogP contribution in [-0.2, 0) is 0 Å². The van der Waals surface area contributed by atoms with E-state index in [4.69, 9.17) is 6.54 Å². The third-order valence-electron chi connectivity index (χ3n) is 0.596. The topological polar surface area (TPSA) is 40.5 Å². The zero-order valence-corrected chi connectivity index (χ0v) is 3.85. The zero-order valence-electron chi connectivity index (χ0n) is 4.85. The van der Waals surface area contributed by atoms with Gasteiger partial charge < -0.3 is 10.2 Å². The molecule has 0 bridgehead atoms. The molecule has 0 rings (SSSR count). The molecule has 0 saturated carbocycles. The molecule has 0 radical (unpaired) electrons. The summed E-state index contributed by atoms with van der Waals surface area (Å²) in [6.07, 6.45) is 0. The lowest BCUT2D eigenvalue weighted by molar-refractivity contribution is 0.162. The summed E-state index contributed by atoms with van der Waals surface area (Å²) < 4.78 is 6.23. The van der Waals surface area contributed by atoms with Crippen LogP contribution >= 0.6 is 0 Å². The highest BCUT2D eigenvalue weighted by Crippen LogP contribution is 1.85. The van der Waals surface area contributed by atoms with Crippen LogP contribution in [0.3, 0.4) is 0 Å². The first-order valence-electron chi connectivity index (χ1n) is 2.41. The van der Waals surface area contributed by atoms with Crippen molar-refractivity contribution in [3.63, 3.8) is 0 Å². The molecule has 0 aliphatic rings. The Morgan fingerprint density at radius 1 is 1.83 bits per heavy atom. The maximum absolute atomic E-state index is 8.30. The second-order valence-electron chi connectivity index (χ2n) is 1.45. The maximum atomic E-state index is 8.30. The van der Waals surface area contributed by atoms with Crippen molar-refractivity contribution >= 4 is 0 Å². The molecule has 2 nitrogen and oxygen atoms in total. The average Bonchev–Trinajstić information content (AvgIpc) is 1.68. The van der Waals surface area contributed by atoms with E-state index in [1.54, 1.807) is 0 Å². The predicted octanol–water partition coefficient (Wildman–Crippen LogP) is -0.393. The van der Waals surface area contributed by atoms with Gasteiger partial charge >= 0.3 is 0 Å². The molecular formula is C4H10O2. The monoisotopic (exact) mass is 92.1 g/mol. The zero-order chi connectivity index (χ0) is 5.70. The van der Waals surface area contributed by atoms with Crippen molar-refractivity contribution in [1.29, 1.82) is 1.43 Å². The van der Waals surface area contributed by atoms with Gasteiger partial charge in [0.2, 0.25) is 1.43 Å². The molecule has 0 aromatic heterocycles. The molecule has 38 valence electrons. The van der Waals surface area contributed by atoms with Gasteiger partial charge in [-0.2, -0.15) is 0 Å². The van der Waals surface area contributed by atoms with Crippen LogP contribution in [0.5, 0.6) is 0 Å². The Morgan fingerprint density at radius 2 is 2.50 bits per heavy atom. The van der Waals surface area contributed by atoms with Crippen molar-refractivity contribution < 1.29 is 10.2 Å². The second-order valence-corrected chi connectivity index (χ2v) is 1.45. The summed E-state index contributed by atoms with van der Waals surface area (Å²) in [5.41, 5.74) is 0. The molecule has 2 heteroatoms. The van der Waals surface area contributed by atoms with E-state index in [1.165, 1.54) is 0 Å². The van der Waals surface area contributed by atoms with Crippen molar-refractivity contribution in [3.05, 3.63) is 0 Å². The molecular weight excluding hydrogens is 80.0 g/mol. The summed E-state index contributed by atoms with van der Waals surface area (Å²) in [4.78, 5) is 0. The molecule has 0 spiro atoms. The minimum Gasteiger partial charge on any atom is -0.396 e. The van der Waals surface area contributed by atoms with Gasteiger partial charge in [0.1, 0.15) is 0 Å². The van der Waals surface area contributed by atoms with E-state index in [-0.39, 0.29) is 12.5 Å². The molecule has 2 N–H and O–H groups in total. The summed E-state index contributed by atoms with van der Waals surface area (Å²) >= 11 is 0. The predicted molar refractivity (Wildman–Crippen MR) is 23.3 cm³/mol. The van der Waals surface area contributed by atoms with Crippen LogP contribution in [0, 0.1) is 5.92 Å². The average molecular weight is 92.1 g/mol. The summed E-state index contributed by atoms with van der Waals surface area (Å²) in [7, 11) is 0. The first kappa shape index (κ1) is 4.09. The van der Waals surface area contributed by atoms with Gasteiger partial charge in [-0.25, -0.2) is 0 Å². The third kappa shape index (κ3) is 2.18. The molecule has 0 aromatic carbocycles. The lowest BCUT2D eigenvalue weighted by atomic mass is 10.2. The fraction of sp³-hybridized carbons (Fsp3) is 1.00. The number of aliphatic hydroxyl groups excluding tert-OH is 2. The van der Waals surface area contributed by atoms with Gasteiger partial charge in [-0.1, -0.05) is 6.92 Å². The van der Waals surface area contributed by atoms with E-state index < -0.39 is 0 Å². The third-order valence-corrected chi connectivity index (χ3v) is 0.596. The van der Waals surface area contributed by atoms with E-state index in [2.05, 4.69) is 5.11 Å². The summed E-state index contributed by atoms with van der Waals surface area (Å²) in [6, 6.07) is 0. The molecule has 0 aromatic rings. The molecule has 1 atom stereocenters. The first-order chi connectivity index (χ1) is 3.31. The Bertz CT molecular complexity index is 40.7. The van der Waals surface area contributed by atoms with Gasteiger partial charge in [-0.15, -0.1) is 0 Å². The van der Waals surface area contributed by atoms with Crippen LogP contribution < -0.4 is 0 Å². The molecule has 0 heterocycles. The number of aliphatic hydroxyl groups is 2. The summed E-state index contributed by atoms with van der Waals surface area (Å²) in [6.45, 7) is 2.23. The van der Waals surface area contributed by atoms with E-state index >= 15 is 0 Å². The number of hydrogen-bond acceptors (Lipinski definition) is 2. The fourth-order valence-corrected chi connectivity index (χ4v) is 0.0527. The van der Waals surface area contributed by atoms with Crippen LogP contribution in [0.2, 0.25) is 0 Å². The Balaban J connectivity index is 2.83. The van der Waals surface area contributed by atoms with Gasteiger partial charge in [0.25, 0.3) is 0 Å². The van der Waals surface area contributed by atoms with Gasteiger partial charge in [-0.3, -0.25) is 0 Å². The SMILES string of the molecule is [3H]OC[C@H](C)CO. The molecule has 0 saturated heterocycles. The molecule has 0 aliphatic carbocycles. The van der Waals surface area contributed by atoms with E-state index in [1.807, 2.05) is 6.92 Å². The van der Waals surface area contributed by atoms with Crippen molar-refractivity contribution in [3.8, 4) is 0 Å². The lowest BCUT2D eigenvalue weighted by Gasteiger charge is -1.97. The Morgan fingerprint density at radius 3 is 2.67 bits per heavy atom. The number of rotatable bonds is 3. The fourth-order valence-electron chi connectivity index (χ4n) is 0.0527. The largest absolute Gasteiger partial charge is 0.396 e. The van der Waals surface area contributed by atoms with Crippen LogP contribution in [0.4, 0.5) is 0 Å². The highest BCUT2D eigenvalue weighted by atomic mass is 16.3. The quantitative estimate of drug-likeness (QED) is 0.497. The second kappa shape index (κ2) is 3.12. The first-order valence-corrected chi connectivity index (χ1v) is 2.00. The molecule has 0 aliphatic heterocycles. The standard InChI is InChI=1S/C4H10O2/c1-4(2-5)3-6/h4-6H,2-3H2,1H3/i5T/t4-/m0/s1. The van der Waals surface area contributed by atoms with Crippen molar-refractivity contribution in [2.75, 3.05) is 13.2 Å². The van der Waals surface area contributed by atoms with Crippen LogP contribution in [0.15, 0.2) is 0 Å². The smallest absolute Gasteiger partial charge is 0.210 e. The van der Waals surface area contributed by atoms with Crippen LogP contribution in [-0.4, -0.2) is 24.9 Å². The van der Waals surface area contributed by atoms with Gasteiger partial charge in [0.15, 0.2) is 0 Å². The number of hydrogen-bond donors (Lipinski definition) is 2. The van der Waals surface area contributed by atoms with Crippen molar-refractivity contribution in [1.82, 2.24) is 0 Å². The van der Waals surface area contributed by atoms with Gasteiger partial charge in [0, 0.05) is 19.1 Å². The Kier molecular flexibility index (Phi) is 2.13. The molecule has 0 amide bonds. The van der Waals surface area contributed by atoms with Crippen LogP contribution in [0.25, 0.3) is 0 Å². The van der Waals surface area contributed by atoms with E-state index in [9.17, 15) is 0 Å². The Hall–Kier alpha value is -0.0800. The normalized spacial score (nSPS) is 16.7. The summed E-state index contributed by atoms with van der Waals surface area (Å²) in [5, 5.41) is 12.3. The minimum atomic E-state index is 0.0949. The minimum absolute atomic E-state index is 0.0949. The molecule has 0 fully saturated rings. The highest BCUT2D eigenvalue weighted by molar-refractivity contribution is 4.41. The van der Waals surface area contributed by atoms with Crippen LogP contribution in [0.1, 0.15) is 6.92 Å². The highest BCUT2D eigenvalue weighted by Gasteiger charge is 1.91. The van der Waals surface area contributed by atoms with Gasteiger partial charge in [0.05, 0.1) is 0 Å².